The van der Waals surface area contributed by atoms with Crippen molar-refractivity contribution >= 4 is 46.3 Å². The monoisotopic (exact) mass is 470 g/mol. The van der Waals surface area contributed by atoms with Crippen molar-refractivity contribution in [2.45, 2.75) is 30.7 Å². The minimum absolute atomic E-state index is 0.0400. The molecule has 2 unspecified atom stereocenters. The van der Waals surface area contributed by atoms with Gasteiger partial charge in [0.15, 0.2) is 0 Å². The van der Waals surface area contributed by atoms with Gasteiger partial charge in [0.25, 0.3) is 5.91 Å². The van der Waals surface area contributed by atoms with Crippen molar-refractivity contribution in [1.29, 1.82) is 0 Å². The van der Waals surface area contributed by atoms with E-state index in [4.69, 9.17) is 27.9 Å². The molecule has 166 valence electrons. The molecule has 1 saturated heterocycles. The molecule has 0 spiro atoms. The van der Waals surface area contributed by atoms with E-state index in [9.17, 15) is 9.59 Å². The van der Waals surface area contributed by atoms with Crippen LogP contribution >= 0.6 is 23.2 Å². The van der Waals surface area contributed by atoms with E-state index >= 15 is 0 Å². The Balaban J connectivity index is 1.45. The number of aromatic nitrogens is 1. The van der Waals surface area contributed by atoms with E-state index in [1.165, 1.54) is 0 Å². The highest BCUT2D eigenvalue weighted by molar-refractivity contribution is 6.45. The van der Waals surface area contributed by atoms with E-state index in [0.29, 0.717) is 41.3 Å². The van der Waals surface area contributed by atoms with Gasteiger partial charge >= 0.3 is 0 Å². The lowest BCUT2D eigenvalue weighted by atomic mass is 9.86. The van der Waals surface area contributed by atoms with E-state index < -0.39 is 5.54 Å². The van der Waals surface area contributed by atoms with Gasteiger partial charge in [-0.2, -0.15) is 0 Å². The van der Waals surface area contributed by atoms with Crippen LogP contribution < -0.4 is 5.32 Å². The molecular formula is C25H24Cl2N2O3. The Morgan fingerprint density at radius 2 is 1.97 bits per heavy atom. The second kappa shape index (κ2) is 8.22. The molecule has 1 aliphatic carbocycles. The Kier molecular flexibility index (Phi) is 5.52. The summed E-state index contributed by atoms with van der Waals surface area (Å²) in [6.45, 7) is 0.964. The molecule has 1 aromatic heterocycles. The highest BCUT2D eigenvalue weighted by Gasteiger charge is 2.39. The van der Waals surface area contributed by atoms with Gasteiger partial charge in [-0.15, -0.1) is 0 Å². The number of nitrogens with zero attached hydrogens (tertiary/aromatic N) is 1. The standard InChI is InChI=1S/C25H24Cl2N2O3/c1-29-21-9-8-20(26)23(27)18(21)12-22(29)24(31)28-25(10-11-32-14-25)17-6-4-16(5-7-17)19(13-30)15-2-3-15/h4-9,12-13,15,19H,2-3,10-11,14H2,1H3,(H,28,31). The molecule has 7 heteroatoms. The molecule has 32 heavy (non-hydrogen) atoms. The smallest absolute Gasteiger partial charge is 0.268 e. The van der Waals surface area contributed by atoms with Crippen LogP contribution in [0, 0.1) is 5.92 Å². The first-order chi connectivity index (χ1) is 15.4. The highest BCUT2D eigenvalue weighted by Crippen LogP contribution is 2.42. The van der Waals surface area contributed by atoms with Crippen molar-refractivity contribution in [2.75, 3.05) is 13.2 Å². The van der Waals surface area contributed by atoms with Crippen LogP contribution in [0.2, 0.25) is 10.0 Å². The third-order valence-corrected chi connectivity index (χ3v) is 7.66. The van der Waals surface area contributed by atoms with Crippen molar-refractivity contribution in [1.82, 2.24) is 9.88 Å². The van der Waals surface area contributed by atoms with Crippen LogP contribution in [0.1, 0.15) is 46.8 Å². The van der Waals surface area contributed by atoms with Gasteiger partial charge in [-0.1, -0.05) is 47.5 Å². The molecule has 1 N–H and O–H groups in total. The van der Waals surface area contributed by atoms with Crippen LogP contribution in [0.5, 0.6) is 0 Å². The summed E-state index contributed by atoms with van der Waals surface area (Å²) < 4.78 is 7.53. The second-order valence-electron chi connectivity index (χ2n) is 8.84. The maximum atomic E-state index is 13.4. The van der Waals surface area contributed by atoms with E-state index in [-0.39, 0.29) is 11.8 Å². The van der Waals surface area contributed by atoms with Gasteiger partial charge < -0.3 is 19.4 Å². The van der Waals surface area contributed by atoms with E-state index in [0.717, 1.165) is 41.2 Å². The molecule has 2 aliphatic rings. The van der Waals surface area contributed by atoms with Gasteiger partial charge in [-0.3, -0.25) is 4.79 Å². The number of amides is 1. The van der Waals surface area contributed by atoms with Gasteiger partial charge in [-0.05, 0) is 48.1 Å². The molecule has 1 saturated carbocycles. The van der Waals surface area contributed by atoms with E-state index in [1.54, 1.807) is 12.1 Å². The Morgan fingerprint density at radius 3 is 2.59 bits per heavy atom. The molecule has 1 amide bonds. The van der Waals surface area contributed by atoms with Crippen LogP contribution in [-0.2, 0) is 22.1 Å². The maximum absolute atomic E-state index is 13.4. The van der Waals surface area contributed by atoms with Gasteiger partial charge in [0.1, 0.15) is 12.0 Å². The maximum Gasteiger partial charge on any atom is 0.268 e. The number of halogens is 2. The van der Waals surface area contributed by atoms with Crippen LogP contribution in [0.4, 0.5) is 0 Å². The number of ether oxygens (including phenoxy) is 1. The fraction of sp³-hybridized carbons (Fsp3) is 0.360. The molecule has 1 aliphatic heterocycles. The molecule has 5 nitrogen and oxygen atoms in total. The first-order valence-electron chi connectivity index (χ1n) is 10.8. The van der Waals surface area contributed by atoms with Crippen LogP contribution in [0.15, 0.2) is 42.5 Å². The van der Waals surface area contributed by atoms with Crippen molar-refractivity contribution in [3.63, 3.8) is 0 Å². The first kappa shape index (κ1) is 21.5. The molecule has 2 aromatic carbocycles. The minimum Gasteiger partial charge on any atom is -0.379 e. The van der Waals surface area contributed by atoms with Crippen LogP contribution in [0.25, 0.3) is 10.9 Å². The zero-order chi connectivity index (χ0) is 22.5. The molecule has 2 heterocycles. The fourth-order valence-electron chi connectivity index (χ4n) is 4.75. The predicted molar refractivity (Wildman–Crippen MR) is 125 cm³/mol. The zero-order valence-corrected chi connectivity index (χ0v) is 19.2. The highest BCUT2D eigenvalue weighted by atomic mass is 35.5. The van der Waals surface area contributed by atoms with E-state index in [1.807, 2.05) is 41.9 Å². The van der Waals surface area contributed by atoms with Gasteiger partial charge in [0.2, 0.25) is 0 Å². The molecule has 0 bridgehead atoms. The largest absolute Gasteiger partial charge is 0.379 e. The number of hydrogen-bond donors (Lipinski definition) is 1. The van der Waals surface area contributed by atoms with Crippen molar-refractivity contribution < 1.29 is 14.3 Å². The summed E-state index contributed by atoms with van der Waals surface area (Å²) >= 11 is 12.5. The van der Waals surface area contributed by atoms with Gasteiger partial charge in [-0.25, -0.2) is 0 Å². The van der Waals surface area contributed by atoms with Crippen LogP contribution in [-0.4, -0.2) is 30.0 Å². The Labute approximate surface area is 196 Å². The first-order valence-corrected chi connectivity index (χ1v) is 11.6. The van der Waals surface area contributed by atoms with Gasteiger partial charge in [0, 0.05) is 36.9 Å². The third-order valence-electron chi connectivity index (χ3n) is 6.85. The number of carbonyl (C=O) groups excluding carboxylic acids is 2. The van der Waals surface area contributed by atoms with Gasteiger partial charge in [0.05, 0.1) is 22.2 Å². The number of rotatable bonds is 6. The lowest BCUT2D eigenvalue weighted by Gasteiger charge is -2.30. The SMILES string of the molecule is Cn1c(C(=O)NC2(c3ccc(C(C=O)C4CC4)cc3)CCOC2)cc2c(Cl)c(Cl)ccc21. The molecule has 2 atom stereocenters. The average molecular weight is 471 g/mol. The lowest BCUT2D eigenvalue weighted by Crippen LogP contribution is -2.47. The Bertz CT molecular complexity index is 1190. The topological polar surface area (TPSA) is 60.3 Å². The number of fused-ring (bicyclic) bond motifs is 1. The summed E-state index contributed by atoms with van der Waals surface area (Å²) in [5, 5.41) is 4.87. The van der Waals surface area contributed by atoms with E-state index in [2.05, 4.69) is 5.32 Å². The average Bonchev–Trinajstić information content (AvgIpc) is 3.41. The summed E-state index contributed by atoms with van der Waals surface area (Å²) in [5.74, 6) is 0.227. The molecular weight excluding hydrogens is 447 g/mol. The minimum atomic E-state index is -0.621. The number of aryl methyl sites for hydroxylation is 1. The summed E-state index contributed by atoms with van der Waals surface area (Å²) in [6, 6.07) is 13.4. The second-order valence-corrected chi connectivity index (χ2v) is 9.63. The number of benzene rings is 2. The number of hydrogen-bond acceptors (Lipinski definition) is 3. The zero-order valence-electron chi connectivity index (χ0n) is 17.7. The Hall–Kier alpha value is -2.34. The van der Waals surface area contributed by atoms with Crippen LogP contribution in [0.3, 0.4) is 0 Å². The molecule has 5 rings (SSSR count). The predicted octanol–water partition coefficient (Wildman–Crippen LogP) is 5.22. The van der Waals surface area contributed by atoms with Crippen molar-refractivity contribution in [2.24, 2.45) is 13.0 Å². The summed E-state index contributed by atoms with van der Waals surface area (Å²) in [4.78, 5) is 24.9. The molecule has 0 radical (unpaired) electrons. The number of nitrogens with one attached hydrogen (secondary N) is 1. The number of aldehydes is 1. The summed E-state index contributed by atoms with van der Waals surface area (Å²) in [7, 11) is 1.84. The summed E-state index contributed by atoms with van der Waals surface area (Å²) in [6.07, 6.45) is 3.95. The quantitative estimate of drug-likeness (QED) is 0.502. The fourth-order valence-corrected chi connectivity index (χ4v) is 5.13. The van der Waals surface area contributed by atoms with Crippen molar-refractivity contribution in [3.05, 3.63) is 69.3 Å². The normalized spacial score (nSPS) is 21.6. The Morgan fingerprint density at radius 1 is 1.22 bits per heavy atom. The third kappa shape index (κ3) is 3.62. The number of carbonyl (C=O) groups is 2. The summed E-state index contributed by atoms with van der Waals surface area (Å²) in [5.41, 5.74) is 2.73. The lowest BCUT2D eigenvalue weighted by molar-refractivity contribution is -0.109. The van der Waals surface area contributed by atoms with Crippen molar-refractivity contribution in [3.8, 4) is 0 Å². The molecule has 3 aromatic rings. The molecule has 2 fully saturated rings.